The largest absolute Gasteiger partial charge is 0.492 e. The minimum absolute atomic E-state index is 0.220. The average Bonchev–Trinajstić information content (AvgIpc) is 2.81. The molecule has 0 bridgehead atoms. The molecule has 1 aromatic carbocycles. The molecule has 1 aromatic rings. The summed E-state index contributed by atoms with van der Waals surface area (Å²) in [5, 5.41) is 0. The van der Waals surface area contributed by atoms with Gasteiger partial charge in [0.1, 0.15) is 12.4 Å². The van der Waals surface area contributed by atoms with Crippen LogP contribution in [0.4, 0.5) is 0 Å². The van der Waals surface area contributed by atoms with Crippen LogP contribution < -0.4 is 10.5 Å². The zero-order valence-corrected chi connectivity index (χ0v) is 11.3. The molecule has 1 unspecified atom stereocenters. The third-order valence-corrected chi connectivity index (χ3v) is 4.02. The number of ether oxygens (including phenoxy) is 2. The van der Waals surface area contributed by atoms with E-state index in [0.29, 0.717) is 0 Å². The van der Waals surface area contributed by atoms with E-state index in [9.17, 15) is 0 Å². The van der Waals surface area contributed by atoms with E-state index in [0.717, 1.165) is 58.0 Å². The van der Waals surface area contributed by atoms with Crippen molar-refractivity contribution in [1.82, 2.24) is 4.90 Å². The zero-order chi connectivity index (χ0) is 13.1. The number of fused-ring (bicyclic) bond motifs is 1. The Labute approximate surface area is 114 Å². The molecule has 2 aliphatic rings. The van der Waals surface area contributed by atoms with E-state index < -0.39 is 0 Å². The maximum atomic E-state index is 6.03. The monoisotopic (exact) mass is 262 g/mol. The Morgan fingerprint density at radius 3 is 3.00 bits per heavy atom. The van der Waals surface area contributed by atoms with Crippen LogP contribution >= 0.6 is 0 Å². The van der Waals surface area contributed by atoms with Crippen LogP contribution in [0.3, 0.4) is 0 Å². The second kappa shape index (κ2) is 5.90. The molecule has 0 saturated carbocycles. The van der Waals surface area contributed by atoms with Crippen molar-refractivity contribution >= 4 is 0 Å². The molecule has 4 heteroatoms. The van der Waals surface area contributed by atoms with E-state index in [1.165, 1.54) is 11.1 Å². The topological polar surface area (TPSA) is 47.7 Å². The Hall–Kier alpha value is -1.10. The van der Waals surface area contributed by atoms with Crippen LogP contribution in [0.5, 0.6) is 5.75 Å². The van der Waals surface area contributed by atoms with E-state index in [1.807, 2.05) is 6.07 Å². The van der Waals surface area contributed by atoms with Crippen LogP contribution in [0.2, 0.25) is 0 Å². The Morgan fingerprint density at radius 1 is 1.32 bits per heavy atom. The van der Waals surface area contributed by atoms with Crippen molar-refractivity contribution in [3.05, 3.63) is 29.3 Å². The smallest absolute Gasteiger partial charge is 0.119 e. The van der Waals surface area contributed by atoms with E-state index in [2.05, 4.69) is 17.0 Å². The van der Waals surface area contributed by atoms with Crippen LogP contribution in [0, 0.1) is 0 Å². The van der Waals surface area contributed by atoms with Gasteiger partial charge >= 0.3 is 0 Å². The van der Waals surface area contributed by atoms with E-state index >= 15 is 0 Å². The fraction of sp³-hybridized carbons (Fsp3) is 0.600. The van der Waals surface area contributed by atoms with Gasteiger partial charge < -0.3 is 15.2 Å². The molecule has 1 atom stereocenters. The second-order valence-corrected chi connectivity index (χ2v) is 5.31. The molecule has 1 fully saturated rings. The summed E-state index contributed by atoms with van der Waals surface area (Å²) in [6.07, 6.45) is 2.14. The van der Waals surface area contributed by atoms with Gasteiger partial charge in [-0.3, -0.25) is 4.90 Å². The molecule has 1 aliphatic carbocycles. The molecular formula is C15H22N2O2. The highest BCUT2D eigenvalue weighted by Gasteiger charge is 2.19. The first kappa shape index (κ1) is 12.9. The quantitative estimate of drug-likeness (QED) is 0.889. The summed E-state index contributed by atoms with van der Waals surface area (Å²) in [4.78, 5) is 2.38. The number of morpholine rings is 1. The Balaban J connectivity index is 1.50. The van der Waals surface area contributed by atoms with Gasteiger partial charge in [-0.15, -0.1) is 0 Å². The molecule has 3 rings (SSSR count). The highest BCUT2D eigenvalue weighted by molar-refractivity contribution is 5.40. The van der Waals surface area contributed by atoms with Gasteiger partial charge in [-0.1, -0.05) is 6.07 Å². The number of benzene rings is 1. The number of hydrogen-bond donors (Lipinski definition) is 1. The lowest BCUT2D eigenvalue weighted by Gasteiger charge is -2.26. The Kier molecular flexibility index (Phi) is 4.01. The zero-order valence-electron chi connectivity index (χ0n) is 11.3. The molecule has 19 heavy (non-hydrogen) atoms. The third kappa shape index (κ3) is 3.08. The fourth-order valence-corrected chi connectivity index (χ4v) is 2.83. The first-order chi connectivity index (χ1) is 9.33. The molecule has 1 aliphatic heterocycles. The molecule has 104 valence electrons. The van der Waals surface area contributed by atoms with Crippen molar-refractivity contribution in [3.8, 4) is 5.75 Å². The number of nitrogens with zero attached hydrogens (tertiary/aromatic N) is 1. The van der Waals surface area contributed by atoms with Gasteiger partial charge in [0.25, 0.3) is 0 Å². The maximum absolute atomic E-state index is 6.03. The SMILES string of the molecule is NC1CCc2cc(OCCN3CCOCC3)ccc21. The Morgan fingerprint density at radius 2 is 2.16 bits per heavy atom. The molecule has 0 radical (unpaired) electrons. The van der Waals surface area contributed by atoms with Crippen LogP contribution in [0.15, 0.2) is 18.2 Å². The van der Waals surface area contributed by atoms with Gasteiger partial charge in [-0.25, -0.2) is 0 Å². The molecule has 0 aromatic heterocycles. The molecule has 0 amide bonds. The Bertz CT molecular complexity index is 430. The predicted octanol–water partition coefficient (Wildman–Crippen LogP) is 1.34. The first-order valence-corrected chi connectivity index (χ1v) is 7.14. The number of rotatable bonds is 4. The van der Waals surface area contributed by atoms with Crippen molar-refractivity contribution in [3.63, 3.8) is 0 Å². The van der Waals surface area contributed by atoms with Crippen molar-refractivity contribution in [2.45, 2.75) is 18.9 Å². The van der Waals surface area contributed by atoms with Gasteiger partial charge in [0, 0.05) is 25.7 Å². The summed E-state index contributed by atoms with van der Waals surface area (Å²) in [7, 11) is 0. The van der Waals surface area contributed by atoms with Gasteiger partial charge in [-0.2, -0.15) is 0 Å². The van der Waals surface area contributed by atoms with Gasteiger partial charge in [0.05, 0.1) is 13.2 Å². The molecule has 1 saturated heterocycles. The normalized spacial score (nSPS) is 23.3. The van der Waals surface area contributed by atoms with Gasteiger partial charge in [-0.05, 0) is 36.1 Å². The van der Waals surface area contributed by atoms with Gasteiger partial charge in [0.2, 0.25) is 0 Å². The maximum Gasteiger partial charge on any atom is 0.119 e. The molecular weight excluding hydrogens is 240 g/mol. The second-order valence-electron chi connectivity index (χ2n) is 5.31. The standard InChI is InChI=1S/C15H22N2O2/c16-15-4-1-12-11-13(2-3-14(12)15)19-10-7-17-5-8-18-9-6-17/h2-3,11,15H,1,4-10,16H2. The first-order valence-electron chi connectivity index (χ1n) is 7.14. The van der Waals surface area contributed by atoms with E-state index in [-0.39, 0.29) is 6.04 Å². The molecule has 0 spiro atoms. The average molecular weight is 262 g/mol. The number of aryl methyl sites for hydroxylation is 1. The molecule has 1 heterocycles. The number of nitrogens with two attached hydrogens (primary N) is 1. The van der Waals surface area contributed by atoms with Crippen molar-refractivity contribution in [2.24, 2.45) is 5.73 Å². The predicted molar refractivity (Wildman–Crippen MR) is 74.4 cm³/mol. The van der Waals surface area contributed by atoms with Crippen LogP contribution in [-0.4, -0.2) is 44.4 Å². The highest BCUT2D eigenvalue weighted by atomic mass is 16.5. The van der Waals surface area contributed by atoms with Crippen molar-refractivity contribution < 1.29 is 9.47 Å². The minimum Gasteiger partial charge on any atom is -0.492 e. The summed E-state index contributed by atoms with van der Waals surface area (Å²) >= 11 is 0. The summed E-state index contributed by atoms with van der Waals surface area (Å²) in [5.74, 6) is 0.973. The van der Waals surface area contributed by atoms with Gasteiger partial charge in [0.15, 0.2) is 0 Å². The lowest BCUT2D eigenvalue weighted by molar-refractivity contribution is 0.0322. The molecule has 4 nitrogen and oxygen atoms in total. The summed E-state index contributed by atoms with van der Waals surface area (Å²) in [5.41, 5.74) is 8.68. The van der Waals surface area contributed by atoms with Crippen LogP contribution in [0.25, 0.3) is 0 Å². The van der Waals surface area contributed by atoms with Crippen LogP contribution in [0.1, 0.15) is 23.6 Å². The lowest BCUT2D eigenvalue weighted by Crippen LogP contribution is -2.38. The van der Waals surface area contributed by atoms with Crippen LogP contribution in [-0.2, 0) is 11.2 Å². The minimum atomic E-state index is 0.220. The van der Waals surface area contributed by atoms with Crippen molar-refractivity contribution in [2.75, 3.05) is 39.5 Å². The summed E-state index contributed by atoms with van der Waals surface area (Å²) in [6, 6.07) is 6.54. The van der Waals surface area contributed by atoms with E-state index in [4.69, 9.17) is 15.2 Å². The summed E-state index contributed by atoms with van der Waals surface area (Å²) < 4.78 is 11.2. The lowest BCUT2D eigenvalue weighted by atomic mass is 10.1. The number of hydrogen-bond acceptors (Lipinski definition) is 4. The van der Waals surface area contributed by atoms with E-state index in [1.54, 1.807) is 0 Å². The molecule has 2 N–H and O–H groups in total. The van der Waals surface area contributed by atoms with Crippen molar-refractivity contribution in [1.29, 1.82) is 0 Å². The highest BCUT2D eigenvalue weighted by Crippen LogP contribution is 2.31. The summed E-state index contributed by atoms with van der Waals surface area (Å²) in [6.45, 7) is 5.43. The third-order valence-electron chi connectivity index (χ3n) is 4.02. The fourth-order valence-electron chi connectivity index (χ4n) is 2.83.